The van der Waals surface area contributed by atoms with Crippen molar-refractivity contribution in [3.8, 4) is 22.0 Å². The Balaban J connectivity index is 1.56. The summed E-state index contributed by atoms with van der Waals surface area (Å²) in [5, 5.41) is 10.8. The molecule has 0 spiro atoms. The molecule has 0 atom stereocenters. The zero-order valence-electron chi connectivity index (χ0n) is 16.4. The number of amides is 1. The van der Waals surface area contributed by atoms with E-state index in [0.29, 0.717) is 23.4 Å². The van der Waals surface area contributed by atoms with Gasteiger partial charge >= 0.3 is 0 Å². The van der Waals surface area contributed by atoms with Crippen LogP contribution < -0.4 is 5.32 Å². The Morgan fingerprint density at radius 1 is 1.17 bits per heavy atom. The van der Waals surface area contributed by atoms with Crippen LogP contribution in [-0.2, 0) is 0 Å². The summed E-state index contributed by atoms with van der Waals surface area (Å²) in [4.78, 5) is 19.3. The number of hydrogen-bond acceptors (Lipinski definition) is 6. The number of nitrogens with one attached hydrogen (secondary N) is 1. The van der Waals surface area contributed by atoms with Crippen molar-refractivity contribution >= 4 is 28.2 Å². The zero-order chi connectivity index (χ0) is 20.2. The predicted octanol–water partition coefficient (Wildman–Crippen LogP) is 4.30. The van der Waals surface area contributed by atoms with Crippen molar-refractivity contribution in [3.05, 3.63) is 59.5 Å². The fourth-order valence-corrected chi connectivity index (χ4v) is 3.87. The van der Waals surface area contributed by atoms with Crippen LogP contribution in [0, 0.1) is 0 Å². The van der Waals surface area contributed by atoms with Gasteiger partial charge in [0.2, 0.25) is 0 Å². The first-order chi connectivity index (χ1) is 14.1. The van der Waals surface area contributed by atoms with E-state index in [0.717, 1.165) is 34.6 Å². The fraction of sp³-hybridized carbons (Fsp3) is 0.227. The highest BCUT2D eigenvalue weighted by Gasteiger charge is 2.16. The van der Waals surface area contributed by atoms with Gasteiger partial charge in [-0.3, -0.25) is 4.79 Å². The first-order valence-corrected chi connectivity index (χ1v) is 10.3. The van der Waals surface area contributed by atoms with Crippen LogP contribution in [0.2, 0.25) is 0 Å². The number of thiazole rings is 1. The van der Waals surface area contributed by atoms with E-state index in [-0.39, 0.29) is 5.91 Å². The molecule has 2 aromatic heterocycles. The van der Waals surface area contributed by atoms with Crippen LogP contribution in [0.4, 0.5) is 0 Å². The molecule has 1 amide bonds. The van der Waals surface area contributed by atoms with Crippen molar-refractivity contribution in [3.63, 3.8) is 0 Å². The van der Waals surface area contributed by atoms with Crippen LogP contribution >= 0.6 is 11.3 Å². The van der Waals surface area contributed by atoms with Gasteiger partial charge in [-0.1, -0.05) is 35.5 Å². The van der Waals surface area contributed by atoms with Gasteiger partial charge in [0.1, 0.15) is 16.4 Å². The van der Waals surface area contributed by atoms with E-state index in [2.05, 4.69) is 15.4 Å². The van der Waals surface area contributed by atoms with Crippen molar-refractivity contribution in [2.45, 2.75) is 6.42 Å². The van der Waals surface area contributed by atoms with Gasteiger partial charge in [-0.15, -0.1) is 11.3 Å². The SMILES string of the molecule is CN(C)CCCNC(=O)c1ccc2onc(-c3csc(-c4ccccc4)n3)c2c1. The summed E-state index contributed by atoms with van der Waals surface area (Å²) in [7, 11) is 4.04. The molecule has 29 heavy (non-hydrogen) atoms. The average Bonchev–Trinajstić information content (AvgIpc) is 3.38. The molecule has 0 unspecified atom stereocenters. The average molecular weight is 407 g/mol. The van der Waals surface area contributed by atoms with Gasteiger partial charge in [-0.2, -0.15) is 0 Å². The number of carbonyl (C=O) groups excluding carboxylic acids is 1. The van der Waals surface area contributed by atoms with E-state index in [4.69, 9.17) is 9.51 Å². The summed E-state index contributed by atoms with van der Waals surface area (Å²) in [6.45, 7) is 1.57. The number of carbonyl (C=O) groups is 1. The maximum Gasteiger partial charge on any atom is 0.251 e. The predicted molar refractivity (Wildman–Crippen MR) is 116 cm³/mol. The minimum Gasteiger partial charge on any atom is -0.356 e. The minimum absolute atomic E-state index is 0.0962. The molecular formula is C22H22N4O2S. The molecule has 4 aromatic rings. The Bertz CT molecular complexity index is 1120. The highest BCUT2D eigenvalue weighted by molar-refractivity contribution is 7.13. The molecule has 0 saturated carbocycles. The van der Waals surface area contributed by atoms with E-state index in [9.17, 15) is 4.79 Å². The number of fused-ring (bicyclic) bond motifs is 1. The highest BCUT2D eigenvalue weighted by Crippen LogP contribution is 2.32. The largest absolute Gasteiger partial charge is 0.356 e. The van der Waals surface area contributed by atoms with E-state index < -0.39 is 0 Å². The van der Waals surface area contributed by atoms with Crippen molar-refractivity contribution in [2.24, 2.45) is 0 Å². The number of nitrogens with zero attached hydrogens (tertiary/aromatic N) is 3. The van der Waals surface area contributed by atoms with Crippen molar-refractivity contribution in [1.82, 2.24) is 20.4 Å². The Morgan fingerprint density at radius 3 is 2.79 bits per heavy atom. The van der Waals surface area contributed by atoms with E-state index in [1.165, 1.54) is 0 Å². The van der Waals surface area contributed by atoms with Crippen molar-refractivity contribution in [2.75, 3.05) is 27.2 Å². The second-order valence-corrected chi connectivity index (χ2v) is 7.92. The molecule has 0 aliphatic rings. The molecule has 6 nitrogen and oxygen atoms in total. The minimum atomic E-state index is -0.0962. The smallest absolute Gasteiger partial charge is 0.251 e. The monoisotopic (exact) mass is 406 g/mol. The lowest BCUT2D eigenvalue weighted by atomic mass is 10.1. The second-order valence-electron chi connectivity index (χ2n) is 7.06. The van der Waals surface area contributed by atoms with Gasteiger partial charge < -0.3 is 14.7 Å². The van der Waals surface area contributed by atoms with Crippen LogP contribution in [0.1, 0.15) is 16.8 Å². The molecule has 7 heteroatoms. The molecule has 0 aliphatic heterocycles. The van der Waals surface area contributed by atoms with Gasteiger partial charge in [0, 0.05) is 23.1 Å². The molecule has 1 N–H and O–H groups in total. The van der Waals surface area contributed by atoms with Gasteiger partial charge in [0.15, 0.2) is 5.58 Å². The number of aromatic nitrogens is 2. The maximum atomic E-state index is 12.5. The molecule has 0 bridgehead atoms. The number of rotatable bonds is 7. The molecule has 2 heterocycles. The van der Waals surface area contributed by atoms with Crippen LogP contribution in [0.5, 0.6) is 0 Å². The lowest BCUT2D eigenvalue weighted by molar-refractivity contribution is 0.0952. The van der Waals surface area contributed by atoms with E-state index in [1.54, 1.807) is 23.5 Å². The normalized spacial score (nSPS) is 11.3. The zero-order valence-corrected chi connectivity index (χ0v) is 17.2. The third kappa shape index (κ3) is 4.36. The molecule has 0 aliphatic carbocycles. The molecule has 4 rings (SSSR count). The quantitative estimate of drug-likeness (QED) is 0.463. The lowest BCUT2D eigenvalue weighted by Gasteiger charge is -2.09. The van der Waals surface area contributed by atoms with Gasteiger partial charge in [-0.05, 0) is 45.3 Å². The van der Waals surface area contributed by atoms with Crippen LogP contribution in [0.3, 0.4) is 0 Å². The molecule has 148 valence electrons. The Hall–Kier alpha value is -3.03. The maximum absolute atomic E-state index is 12.5. The summed E-state index contributed by atoms with van der Waals surface area (Å²) >= 11 is 1.56. The number of hydrogen-bond donors (Lipinski definition) is 1. The van der Waals surface area contributed by atoms with Gasteiger partial charge in [-0.25, -0.2) is 4.98 Å². The van der Waals surface area contributed by atoms with Crippen molar-refractivity contribution in [1.29, 1.82) is 0 Å². The Labute approximate surface area is 173 Å². The van der Waals surface area contributed by atoms with Crippen LogP contribution in [-0.4, -0.2) is 48.1 Å². The lowest BCUT2D eigenvalue weighted by Crippen LogP contribution is -2.27. The second kappa shape index (κ2) is 8.55. The van der Waals surface area contributed by atoms with Gasteiger partial charge in [0.05, 0.1) is 5.39 Å². The molecule has 0 fully saturated rings. The van der Waals surface area contributed by atoms with Crippen LogP contribution in [0.25, 0.3) is 32.9 Å². The van der Waals surface area contributed by atoms with E-state index >= 15 is 0 Å². The first kappa shape index (κ1) is 19.3. The van der Waals surface area contributed by atoms with E-state index in [1.807, 2.05) is 55.9 Å². The summed E-state index contributed by atoms with van der Waals surface area (Å²) in [5.74, 6) is -0.0962. The Morgan fingerprint density at radius 2 is 2.00 bits per heavy atom. The number of benzene rings is 2. The summed E-state index contributed by atoms with van der Waals surface area (Å²) in [6, 6.07) is 15.4. The van der Waals surface area contributed by atoms with Crippen molar-refractivity contribution < 1.29 is 9.32 Å². The molecular weight excluding hydrogens is 384 g/mol. The Kier molecular flexibility index (Phi) is 5.69. The molecule has 0 radical (unpaired) electrons. The summed E-state index contributed by atoms with van der Waals surface area (Å²) < 4.78 is 5.46. The highest BCUT2D eigenvalue weighted by atomic mass is 32.1. The summed E-state index contributed by atoms with van der Waals surface area (Å²) in [6.07, 6.45) is 0.903. The van der Waals surface area contributed by atoms with Gasteiger partial charge in [0.25, 0.3) is 5.91 Å². The molecule has 2 aromatic carbocycles. The van der Waals surface area contributed by atoms with Crippen LogP contribution in [0.15, 0.2) is 58.4 Å². The third-order valence-electron chi connectivity index (χ3n) is 4.57. The summed E-state index contributed by atoms with van der Waals surface area (Å²) in [5.41, 5.74) is 3.69. The topological polar surface area (TPSA) is 71.3 Å². The fourth-order valence-electron chi connectivity index (χ4n) is 3.06. The molecule has 0 saturated heterocycles. The third-order valence-corrected chi connectivity index (χ3v) is 5.46. The standard InChI is InChI=1S/C22H22N4O2S/c1-26(2)12-6-11-23-21(27)16-9-10-19-17(13-16)20(25-28-19)18-14-29-22(24-18)15-7-4-3-5-8-15/h3-5,7-10,13-14H,6,11-12H2,1-2H3,(H,23,27). The first-order valence-electron chi connectivity index (χ1n) is 9.45.